The van der Waals surface area contributed by atoms with Gasteiger partial charge in [-0.2, -0.15) is 9.61 Å². The number of ether oxygens (including phenoxy) is 1. The average Bonchev–Trinajstić information content (AvgIpc) is 3.09. The molecule has 0 aliphatic carbocycles. The van der Waals surface area contributed by atoms with Crippen molar-refractivity contribution in [1.29, 1.82) is 0 Å². The third-order valence-corrected chi connectivity index (χ3v) is 4.57. The zero-order chi connectivity index (χ0) is 19.4. The van der Waals surface area contributed by atoms with Crippen molar-refractivity contribution in [2.75, 3.05) is 0 Å². The predicted octanol–water partition coefficient (Wildman–Crippen LogP) is 2.38. The molecule has 0 unspecified atom stereocenters. The Labute approximate surface area is 156 Å². The Bertz CT molecular complexity index is 1080. The van der Waals surface area contributed by atoms with Gasteiger partial charge in [-0.25, -0.2) is 9.78 Å². The Balaban J connectivity index is 1.64. The SMILES string of the molecule is CCc1nn2c(=O)cc(COC(=O)/C=C/c3ccc([N+](=O)[O-])cc3)nc2s1. The lowest BCUT2D eigenvalue weighted by atomic mass is 10.2. The molecular weight excluding hydrogens is 372 g/mol. The van der Waals surface area contributed by atoms with Gasteiger partial charge in [-0.05, 0) is 30.2 Å². The van der Waals surface area contributed by atoms with Gasteiger partial charge < -0.3 is 4.74 Å². The number of carbonyl (C=O) groups is 1. The predicted molar refractivity (Wildman–Crippen MR) is 98.4 cm³/mol. The van der Waals surface area contributed by atoms with Gasteiger partial charge in [0.25, 0.3) is 11.2 Å². The van der Waals surface area contributed by atoms with Crippen molar-refractivity contribution in [3.63, 3.8) is 0 Å². The van der Waals surface area contributed by atoms with Crippen molar-refractivity contribution in [3.8, 4) is 0 Å². The second-order valence-corrected chi connectivity index (χ2v) is 6.46. The fourth-order valence-electron chi connectivity index (χ4n) is 2.18. The van der Waals surface area contributed by atoms with Crippen LogP contribution in [0.2, 0.25) is 0 Å². The Kier molecular flexibility index (Phi) is 5.36. The molecule has 2 heterocycles. The molecule has 0 N–H and O–H groups in total. The highest BCUT2D eigenvalue weighted by molar-refractivity contribution is 7.16. The van der Waals surface area contributed by atoms with Gasteiger partial charge in [0.15, 0.2) is 0 Å². The van der Waals surface area contributed by atoms with E-state index in [0.717, 1.165) is 5.01 Å². The van der Waals surface area contributed by atoms with E-state index in [0.29, 0.717) is 22.6 Å². The summed E-state index contributed by atoms with van der Waals surface area (Å²) in [6, 6.07) is 7.01. The third kappa shape index (κ3) is 4.42. The highest BCUT2D eigenvalue weighted by Crippen LogP contribution is 2.14. The van der Waals surface area contributed by atoms with E-state index in [1.165, 1.54) is 58.3 Å². The van der Waals surface area contributed by atoms with E-state index < -0.39 is 10.9 Å². The summed E-state index contributed by atoms with van der Waals surface area (Å²) in [5, 5.41) is 15.5. The second-order valence-electron chi connectivity index (χ2n) is 5.42. The van der Waals surface area contributed by atoms with Gasteiger partial charge in [-0.15, -0.1) is 0 Å². The summed E-state index contributed by atoms with van der Waals surface area (Å²) >= 11 is 1.31. The van der Waals surface area contributed by atoms with Gasteiger partial charge in [-0.1, -0.05) is 18.3 Å². The first-order valence-electron chi connectivity index (χ1n) is 7.94. The van der Waals surface area contributed by atoms with Gasteiger partial charge in [0, 0.05) is 24.3 Å². The maximum absolute atomic E-state index is 12.0. The lowest BCUT2D eigenvalue weighted by molar-refractivity contribution is -0.384. The summed E-state index contributed by atoms with van der Waals surface area (Å²) < 4.78 is 6.31. The molecule has 0 spiro atoms. The molecule has 0 aliphatic heterocycles. The molecule has 0 saturated carbocycles. The molecular formula is C17H14N4O5S. The molecule has 138 valence electrons. The number of fused-ring (bicyclic) bond motifs is 1. The molecule has 2 aromatic heterocycles. The fourth-order valence-corrected chi connectivity index (χ4v) is 3.04. The Morgan fingerprint density at radius 1 is 1.37 bits per heavy atom. The summed E-state index contributed by atoms with van der Waals surface area (Å²) in [7, 11) is 0. The molecule has 0 atom stereocenters. The molecule has 0 fully saturated rings. The number of hydrogen-bond donors (Lipinski definition) is 0. The van der Waals surface area contributed by atoms with Gasteiger partial charge in [-0.3, -0.25) is 14.9 Å². The van der Waals surface area contributed by atoms with Crippen molar-refractivity contribution in [3.05, 3.63) is 73.1 Å². The Hall–Kier alpha value is -3.40. The molecule has 10 heteroatoms. The van der Waals surface area contributed by atoms with Crippen LogP contribution in [0.15, 0.2) is 41.2 Å². The minimum Gasteiger partial charge on any atom is -0.456 e. The zero-order valence-electron chi connectivity index (χ0n) is 14.2. The number of non-ortho nitro benzene ring substituents is 1. The molecule has 3 rings (SSSR count). The van der Waals surface area contributed by atoms with E-state index in [1.807, 2.05) is 6.92 Å². The number of benzene rings is 1. The van der Waals surface area contributed by atoms with Crippen LogP contribution in [0.1, 0.15) is 23.2 Å². The van der Waals surface area contributed by atoms with Crippen molar-refractivity contribution in [2.45, 2.75) is 20.0 Å². The zero-order valence-corrected chi connectivity index (χ0v) is 15.0. The first-order valence-corrected chi connectivity index (χ1v) is 8.76. The largest absolute Gasteiger partial charge is 0.456 e. The van der Waals surface area contributed by atoms with Crippen LogP contribution in [-0.2, 0) is 22.6 Å². The topological polar surface area (TPSA) is 117 Å². The van der Waals surface area contributed by atoms with Crippen molar-refractivity contribution in [1.82, 2.24) is 14.6 Å². The molecule has 1 aromatic carbocycles. The first kappa shape index (κ1) is 18.4. The van der Waals surface area contributed by atoms with Crippen LogP contribution >= 0.6 is 11.3 Å². The maximum Gasteiger partial charge on any atom is 0.331 e. The van der Waals surface area contributed by atoms with Gasteiger partial charge in [0.2, 0.25) is 4.96 Å². The lowest BCUT2D eigenvalue weighted by Gasteiger charge is -2.01. The number of carbonyl (C=O) groups excluding carboxylic acids is 1. The van der Waals surface area contributed by atoms with Crippen molar-refractivity contribution < 1.29 is 14.5 Å². The number of aryl methyl sites for hydroxylation is 1. The molecule has 27 heavy (non-hydrogen) atoms. The molecule has 0 radical (unpaired) electrons. The average molecular weight is 386 g/mol. The van der Waals surface area contributed by atoms with E-state index in [9.17, 15) is 19.7 Å². The number of nitro benzene ring substituents is 1. The van der Waals surface area contributed by atoms with E-state index in [2.05, 4.69) is 10.1 Å². The standard InChI is InChI=1S/C17H14N4O5S/c1-2-14-19-20-15(22)9-12(18-17(20)27-14)10-26-16(23)8-5-11-3-6-13(7-4-11)21(24)25/h3-9H,2,10H2,1H3/b8-5+. The minimum absolute atomic E-state index is 0.0308. The lowest BCUT2D eigenvalue weighted by Crippen LogP contribution is -2.16. The normalized spacial score (nSPS) is 11.1. The number of nitro groups is 1. The molecule has 0 saturated heterocycles. The summed E-state index contributed by atoms with van der Waals surface area (Å²) in [6.45, 7) is 1.79. The number of aromatic nitrogens is 3. The van der Waals surface area contributed by atoms with Gasteiger partial charge in [0.05, 0.1) is 10.6 Å². The monoisotopic (exact) mass is 386 g/mol. The maximum atomic E-state index is 12.0. The van der Waals surface area contributed by atoms with Crippen molar-refractivity contribution >= 4 is 34.0 Å². The van der Waals surface area contributed by atoms with Crippen LogP contribution in [0.25, 0.3) is 11.0 Å². The van der Waals surface area contributed by atoms with Gasteiger partial charge >= 0.3 is 5.97 Å². The van der Waals surface area contributed by atoms with E-state index in [4.69, 9.17) is 4.74 Å². The summed E-state index contributed by atoms with van der Waals surface area (Å²) in [5.74, 6) is -0.617. The van der Waals surface area contributed by atoms with E-state index in [-0.39, 0.29) is 17.9 Å². The van der Waals surface area contributed by atoms with Crippen LogP contribution in [0.4, 0.5) is 5.69 Å². The minimum atomic E-state index is -0.617. The molecule has 9 nitrogen and oxygen atoms in total. The van der Waals surface area contributed by atoms with Crippen LogP contribution < -0.4 is 5.56 Å². The quantitative estimate of drug-likeness (QED) is 0.276. The first-order chi connectivity index (χ1) is 13.0. The smallest absolute Gasteiger partial charge is 0.331 e. The van der Waals surface area contributed by atoms with Crippen LogP contribution in [0.5, 0.6) is 0 Å². The molecule has 0 bridgehead atoms. The van der Waals surface area contributed by atoms with Crippen molar-refractivity contribution in [2.24, 2.45) is 0 Å². The molecule has 0 amide bonds. The van der Waals surface area contributed by atoms with E-state index in [1.54, 1.807) is 0 Å². The summed E-state index contributed by atoms with van der Waals surface area (Å²) in [6.07, 6.45) is 3.38. The van der Waals surface area contributed by atoms with Crippen LogP contribution in [0, 0.1) is 10.1 Å². The van der Waals surface area contributed by atoms with E-state index >= 15 is 0 Å². The second kappa shape index (κ2) is 7.87. The number of nitrogens with zero attached hydrogens (tertiary/aromatic N) is 4. The number of hydrogen-bond acceptors (Lipinski definition) is 8. The van der Waals surface area contributed by atoms with Crippen LogP contribution in [0.3, 0.4) is 0 Å². The fraction of sp³-hybridized carbons (Fsp3) is 0.176. The Morgan fingerprint density at radius 3 is 2.78 bits per heavy atom. The molecule has 0 aliphatic rings. The Morgan fingerprint density at radius 2 is 2.11 bits per heavy atom. The summed E-state index contributed by atoms with van der Waals surface area (Å²) in [5.41, 5.74) is 0.593. The van der Waals surface area contributed by atoms with Crippen LogP contribution in [-0.4, -0.2) is 25.5 Å². The number of rotatable bonds is 6. The van der Waals surface area contributed by atoms with Gasteiger partial charge in [0.1, 0.15) is 11.6 Å². The summed E-state index contributed by atoms with van der Waals surface area (Å²) in [4.78, 5) is 38.7. The third-order valence-electron chi connectivity index (χ3n) is 3.52. The highest BCUT2D eigenvalue weighted by Gasteiger charge is 2.09. The number of esters is 1. The highest BCUT2D eigenvalue weighted by atomic mass is 32.1. The molecule has 3 aromatic rings.